The number of aliphatic imine (C=N–C) groups is 1. The van der Waals surface area contributed by atoms with Gasteiger partial charge in [0.15, 0.2) is 0 Å². The summed E-state index contributed by atoms with van der Waals surface area (Å²) in [5.41, 5.74) is 0.975. The van der Waals surface area contributed by atoms with Gasteiger partial charge in [-0.1, -0.05) is 6.07 Å². The number of sulfonamides is 1. The molecule has 4 rings (SSSR count). The number of piperazine rings is 1. The molecule has 2 aliphatic rings. The van der Waals surface area contributed by atoms with Crippen LogP contribution in [0.5, 0.6) is 0 Å². The van der Waals surface area contributed by atoms with Gasteiger partial charge in [-0.2, -0.15) is 0 Å². The van der Waals surface area contributed by atoms with Crippen LogP contribution in [0.2, 0.25) is 0 Å². The van der Waals surface area contributed by atoms with E-state index in [1.54, 1.807) is 29.6 Å². The van der Waals surface area contributed by atoms with E-state index in [0.717, 1.165) is 18.8 Å². The molecule has 0 amide bonds. The summed E-state index contributed by atoms with van der Waals surface area (Å²) in [6, 6.07) is 9.82. The highest BCUT2D eigenvalue weighted by atomic mass is 32.2. The first kappa shape index (κ1) is 17.3. The summed E-state index contributed by atoms with van der Waals surface area (Å²) >= 11 is 1.22. The van der Waals surface area contributed by atoms with Crippen molar-refractivity contribution in [1.82, 2.24) is 9.21 Å². The first-order valence-electron chi connectivity index (χ1n) is 8.42. The summed E-state index contributed by atoms with van der Waals surface area (Å²) in [5.74, 6) is 0.291. The van der Waals surface area contributed by atoms with Gasteiger partial charge in [0.2, 0.25) is 5.96 Å². The quantitative estimate of drug-likeness (QED) is 0.800. The molecule has 0 saturated carbocycles. The normalized spacial score (nSPS) is 18.3. The Hall–Kier alpha value is -2.13. The molecule has 0 spiro atoms. The van der Waals surface area contributed by atoms with E-state index in [2.05, 4.69) is 9.89 Å². The Labute approximate surface area is 156 Å². The number of thiophene rings is 1. The molecule has 1 aromatic carbocycles. The van der Waals surface area contributed by atoms with Gasteiger partial charge in [-0.25, -0.2) is 17.1 Å². The van der Waals surface area contributed by atoms with E-state index in [9.17, 15) is 12.8 Å². The molecule has 138 valence electrons. The third kappa shape index (κ3) is 3.16. The molecular weight excluding hydrogens is 375 g/mol. The molecule has 6 nitrogen and oxygen atoms in total. The Kier molecular flexibility index (Phi) is 4.58. The SMILES string of the molecule is O=S(=O)(c1cccs1)N1CCN=C1N1CCN(c2ccc(F)cc2)CC1. The molecule has 0 N–H and O–H groups in total. The average Bonchev–Trinajstić information content (AvgIpc) is 3.35. The summed E-state index contributed by atoms with van der Waals surface area (Å²) in [5, 5.41) is 1.77. The minimum absolute atomic E-state index is 0.248. The molecule has 2 aliphatic heterocycles. The molecule has 9 heteroatoms. The van der Waals surface area contributed by atoms with E-state index >= 15 is 0 Å². The lowest BCUT2D eigenvalue weighted by molar-refractivity contribution is 0.358. The zero-order valence-electron chi connectivity index (χ0n) is 14.1. The van der Waals surface area contributed by atoms with Gasteiger partial charge in [0.25, 0.3) is 10.0 Å². The van der Waals surface area contributed by atoms with E-state index in [4.69, 9.17) is 0 Å². The van der Waals surface area contributed by atoms with Crippen molar-refractivity contribution in [2.45, 2.75) is 4.21 Å². The lowest BCUT2D eigenvalue weighted by atomic mass is 10.2. The largest absolute Gasteiger partial charge is 0.368 e. The van der Waals surface area contributed by atoms with Crippen LogP contribution in [-0.2, 0) is 10.0 Å². The highest BCUT2D eigenvalue weighted by Gasteiger charge is 2.35. The third-order valence-corrected chi connectivity index (χ3v) is 7.73. The van der Waals surface area contributed by atoms with E-state index in [-0.39, 0.29) is 5.82 Å². The second kappa shape index (κ2) is 6.88. The van der Waals surface area contributed by atoms with Crippen molar-refractivity contribution >= 4 is 33.0 Å². The number of nitrogens with zero attached hydrogens (tertiary/aromatic N) is 4. The van der Waals surface area contributed by atoms with Crippen molar-refractivity contribution in [2.75, 3.05) is 44.2 Å². The van der Waals surface area contributed by atoms with Gasteiger partial charge in [-0.3, -0.25) is 4.99 Å². The summed E-state index contributed by atoms with van der Waals surface area (Å²) < 4.78 is 40.6. The smallest absolute Gasteiger partial charge is 0.276 e. The summed E-state index contributed by atoms with van der Waals surface area (Å²) in [6.07, 6.45) is 0. The van der Waals surface area contributed by atoms with Crippen LogP contribution in [0.1, 0.15) is 0 Å². The van der Waals surface area contributed by atoms with Crippen LogP contribution in [0.4, 0.5) is 10.1 Å². The predicted molar refractivity (Wildman–Crippen MR) is 101 cm³/mol. The number of halogens is 1. The van der Waals surface area contributed by atoms with Gasteiger partial charge in [0.1, 0.15) is 10.0 Å². The average molecular weight is 394 g/mol. The number of guanidine groups is 1. The maximum absolute atomic E-state index is 13.1. The van der Waals surface area contributed by atoms with Gasteiger partial charge >= 0.3 is 0 Å². The molecule has 26 heavy (non-hydrogen) atoms. The second-order valence-corrected chi connectivity index (χ2v) is 9.18. The molecule has 0 unspecified atom stereocenters. The Morgan fingerprint density at radius 1 is 0.962 bits per heavy atom. The third-order valence-electron chi connectivity index (χ3n) is 4.57. The van der Waals surface area contributed by atoms with Gasteiger partial charge in [0.05, 0.1) is 13.1 Å². The Morgan fingerprint density at radius 3 is 2.31 bits per heavy atom. The Balaban J connectivity index is 1.46. The fourth-order valence-electron chi connectivity index (χ4n) is 3.24. The first-order chi connectivity index (χ1) is 12.6. The predicted octanol–water partition coefficient (Wildman–Crippen LogP) is 2.07. The van der Waals surface area contributed by atoms with Crippen molar-refractivity contribution < 1.29 is 12.8 Å². The molecule has 1 fully saturated rings. The number of hydrogen-bond acceptors (Lipinski definition) is 6. The van der Waals surface area contributed by atoms with Crippen LogP contribution in [0.3, 0.4) is 0 Å². The molecule has 1 saturated heterocycles. The lowest BCUT2D eigenvalue weighted by Gasteiger charge is -2.38. The molecule has 2 aromatic rings. The number of anilines is 1. The summed E-state index contributed by atoms with van der Waals surface area (Å²) in [4.78, 5) is 8.65. The number of benzene rings is 1. The van der Waals surface area contributed by atoms with Crippen LogP contribution >= 0.6 is 11.3 Å². The minimum atomic E-state index is -3.54. The van der Waals surface area contributed by atoms with E-state index in [1.165, 1.54) is 27.8 Å². The topological polar surface area (TPSA) is 56.2 Å². The molecule has 0 aliphatic carbocycles. The molecule has 3 heterocycles. The standard InChI is InChI=1S/C17H19FN4O2S2/c18-14-3-5-15(6-4-14)20-9-11-21(12-10-20)17-19-7-8-22(17)26(23,24)16-2-1-13-25-16/h1-6,13H,7-12H2. The lowest BCUT2D eigenvalue weighted by Crippen LogP contribution is -2.53. The van der Waals surface area contributed by atoms with Crippen molar-refractivity contribution in [3.05, 3.63) is 47.6 Å². The maximum atomic E-state index is 13.1. The van der Waals surface area contributed by atoms with Crippen LogP contribution in [0, 0.1) is 5.82 Å². The van der Waals surface area contributed by atoms with E-state index in [1.807, 2.05) is 4.90 Å². The first-order valence-corrected chi connectivity index (χ1v) is 10.7. The van der Waals surface area contributed by atoms with E-state index in [0.29, 0.717) is 36.3 Å². The maximum Gasteiger partial charge on any atom is 0.276 e. The number of rotatable bonds is 3. The van der Waals surface area contributed by atoms with E-state index < -0.39 is 10.0 Å². The molecule has 0 bridgehead atoms. The van der Waals surface area contributed by atoms with Crippen LogP contribution in [0.15, 0.2) is 51.0 Å². The van der Waals surface area contributed by atoms with Crippen molar-refractivity contribution in [1.29, 1.82) is 0 Å². The van der Waals surface area contributed by atoms with Crippen LogP contribution in [-0.4, -0.2) is 62.9 Å². The molecular formula is C17H19FN4O2S2. The van der Waals surface area contributed by atoms with Gasteiger partial charge in [0, 0.05) is 31.9 Å². The highest BCUT2D eigenvalue weighted by molar-refractivity contribution is 7.91. The summed E-state index contributed by atoms with van der Waals surface area (Å²) in [6.45, 7) is 3.68. The van der Waals surface area contributed by atoms with Crippen molar-refractivity contribution in [3.63, 3.8) is 0 Å². The Bertz CT molecular complexity index is 889. The van der Waals surface area contributed by atoms with Crippen LogP contribution < -0.4 is 4.90 Å². The molecule has 0 radical (unpaired) electrons. The fourth-order valence-corrected chi connectivity index (χ4v) is 5.79. The fraction of sp³-hybridized carbons (Fsp3) is 0.353. The van der Waals surface area contributed by atoms with Crippen LogP contribution in [0.25, 0.3) is 0 Å². The number of hydrogen-bond donors (Lipinski definition) is 0. The highest BCUT2D eigenvalue weighted by Crippen LogP contribution is 2.25. The summed E-state index contributed by atoms with van der Waals surface area (Å²) in [7, 11) is -3.54. The minimum Gasteiger partial charge on any atom is -0.368 e. The van der Waals surface area contributed by atoms with Gasteiger partial charge in [-0.05, 0) is 35.7 Å². The van der Waals surface area contributed by atoms with Gasteiger partial charge in [-0.15, -0.1) is 11.3 Å². The van der Waals surface area contributed by atoms with Gasteiger partial charge < -0.3 is 9.80 Å². The second-order valence-electron chi connectivity index (χ2n) is 6.14. The molecule has 0 atom stereocenters. The van der Waals surface area contributed by atoms with Crippen molar-refractivity contribution in [3.8, 4) is 0 Å². The molecule has 1 aromatic heterocycles. The zero-order chi connectivity index (χ0) is 18.1. The van der Waals surface area contributed by atoms with Crippen molar-refractivity contribution in [2.24, 2.45) is 4.99 Å². The Morgan fingerprint density at radius 2 is 1.65 bits per heavy atom. The monoisotopic (exact) mass is 394 g/mol. The zero-order valence-corrected chi connectivity index (χ0v) is 15.7.